The van der Waals surface area contributed by atoms with Gasteiger partial charge in [-0.25, -0.2) is 4.98 Å². The Morgan fingerprint density at radius 1 is 1.40 bits per heavy atom. The summed E-state index contributed by atoms with van der Waals surface area (Å²) in [5.74, 6) is 0.665. The molecule has 110 valence electrons. The average Bonchev–Trinajstić information content (AvgIpc) is 2.93. The van der Waals surface area contributed by atoms with E-state index in [1.54, 1.807) is 17.0 Å². The van der Waals surface area contributed by atoms with Crippen molar-refractivity contribution >= 4 is 11.7 Å². The molecule has 20 heavy (non-hydrogen) atoms. The number of carbonyl (C=O) groups excluding carboxylic acids is 1. The minimum atomic E-state index is -0.171. The van der Waals surface area contributed by atoms with E-state index >= 15 is 0 Å². The molecule has 0 saturated carbocycles. The van der Waals surface area contributed by atoms with Crippen molar-refractivity contribution in [1.29, 1.82) is 0 Å². The van der Waals surface area contributed by atoms with Crippen molar-refractivity contribution < 1.29 is 4.79 Å². The Morgan fingerprint density at radius 3 is 2.75 bits per heavy atom. The highest BCUT2D eigenvalue weighted by Crippen LogP contribution is 2.07. The Bertz CT molecular complexity index is 518. The van der Waals surface area contributed by atoms with Crippen LogP contribution in [0.1, 0.15) is 26.7 Å². The molecule has 6 heteroatoms. The zero-order valence-electron chi connectivity index (χ0n) is 12.1. The Labute approximate surface area is 118 Å². The van der Waals surface area contributed by atoms with Crippen LogP contribution in [0.2, 0.25) is 0 Å². The molecule has 0 spiro atoms. The van der Waals surface area contributed by atoms with E-state index in [0.29, 0.717) is 12.5 Å². The van der Waals surface area contributed by atoms with Crippen LogP contribution < -0.4 is 10.9 Å². The fraction of sp³-hybridized carbons (Fsp3) is 0.643. The Morgan fingerprint density at radius 2 is 2.10 bits per heavy atom. The van der Waals surface area contributed by atoms with E-state index in [2.05, 4.69) is 24.1 Å². The quantitative estimate of drug-likeness (QED) is 0.870. The number of aromatic nitrogens is 2. The molecule has 2 heterocycles. The summed E-state index contributed by atoms with van der Waals surface area (Å²) in [6.45, 7) is 6.53. The minimum Gasteiger partial charge on any atom is -0.356 e. The molecule has 0 radical (unpaired) electrons. The second-order valence-corrected chi connectivity index (χ2v) is 5.57. The summed E-state index contributed by atoms with van der Waals surface area (Å²) < 4.78 is 1.63. The summed E-state index contributed by atoms with van der Waals surface area (Å²) in [7, 11) is 0. The molecule has 1 aliphatic rings. The molecule has 1 aliphatic heterocycles. The maximum atomic E-state index is 12.2. The largest absolute Gasteiger partial charge is 0.356 e. The van der Waals surface area contributed by atoms with Crippen LogP contribution in [-0.4, -0.2) is 40.0 Å². The number of likely N-dealkylation sites (tertiary alicyclic amines) is 1. The zero-order valence-corrected chi connectivity index (χ0v) is 12.1. The number of carbonyl (C=O) groups is 1. The lowest BCUT2D eigenvalue weighted by Crippen LogP contribution is -2.35. The second kappa shape index (κ2) is 6.54. The third-order valence-corrected chi connectivity index (χ3v) is 3.34. The van der Waals surface area contributed by atoms with Gasteiger partial charge in [0.1, 0.15) is 0 Å². The molecular weight excluding hydrogens is 256 g/mol. The highest BCUT2D eigenvalue weighted by molar-refractivity contribution is 5.80. The first-order valence-electron chi connectivity index (χ1n) is 7.15. The molecule has 6 nitrogen and oxygen atoms in total. The number of hydrogen-bond donors (Lipinski definition) is 1. The van der Waals surface area contributed by atoms with Crippen LogP contribution in [0.25, 0.3) is 0 Å². The average molecular weight is 278 g/mol. The third kappa shape index (κ3) is 3.59. The standard InChI is InChI=1S/C14H22N4O2/c1-11(2)10-18-8-5-15-13(14(18)20)16-9-12(19)17-6-3-4-7-17/h5,8,11H,3-4,6-7,9-10H2,1-2H3,(H,15,16). The first-order valence-corrected chi connectivity index (χ1v) is 7.15. The van der Waals surface area contributed by atoms with Crippen molar-refractivity contribution in [2.24, 2.45) is 5.92 Å². The SMILES string of the molecule is CC(C)Cn1ccnc(NCC(=O)N2CCCC2)c1=O. The molecule has 1 amide bonds. The predicted octanol–water partition coefficient (Wildman–Crippen LogP) is 0.934. The highest BCUT2D eigenvalue weighted by atomic mass is 16.2. The molecule has 0 atom stereocenters. The van der Waals surface area contributed by atoms with E-state index < -0.39 is 0 Å². The van der Waals surface area contributed by atoms with Gasteiger partial charge in [-0.2, -0.15) is 0 Å². The summed E-state index contributed by atoms with van der Waals surface area (Å²) in [5, 5.41) is 2.87. The van der Waals surface area contributed by atoms with E-state index in [-0.39, 0.29) is 23.8 Å². The van der Waals surface area contributed by atoms with Crippen molar-refractivity contribution in [3.8, 4) is 0 Å². The van der Waals surface area contributed by atoms with Gasteiger partial charge < -0.3 is 14.8 Å². The van der Waals surface area contributed by atoms with Gasteiger partial charge in [0.05, 0.1) is 6.54 Å². The smallest absolute Gasteiger partial charge is 0.293 e. The number of nitrogens with one attached hydrogen (secondary N) is 1. The van der Waals surface area contributed by atoms with Crippen molar-refractivity contribution in [1.82, 2.24) is 14.5 Å². The second-order valence-electron chi connectivity index (χ2n) is 5.57. The summed E-state index contributed by atoms with van der Waals surface area (Å²) >= 11 is 0. The molecule has 1 fully saturated rings. The Hall–Kier alpha value is -1.85. The number of rotatable bonds is 5. The maximum absolute atomic E-state index is 12.2. The van der Waals surface area contributed by atoms with Gasteiger partial charge in [0.2, 0.25) is 5.91 Å². The molecule has 1 saturated heterocycles. The zero-order chi connectivity index (χ0) is 14.5. The van der Waals surface area contributed by atoms with E-state index in [9.17, 15) is 9.59 Å². The van der Waals surface area contributed by atoms with E-state index in [1.165, 1.54) is 0 Å². The Kier molecular flexibility index (Phi) is 4.76. The van der Waals surface area contributed by atoms with Crippen LogP contribution in [0.15, 0.2) is 17.2 Å². The van der Waals surface area contributed by atoms with E-state index in [0.717, 1.165) is 25.9 Å². The van der Waals surface area contributed by atoms with Crippen LogP contribution in [0, 0.1) is 5.92 Å². The predicted molar refractivity (Wildman–Crippen MR) is 77.6 cm³/mol. The molecule has 1 aromatic rings. The first-order chi connectivity index (χ1) is 9.58. The van der Waals surface area contributed by atoms with Gasteiger partial charge in [0, 0.05) is 32.0 Å². The molecule has 0 bridgehead atoms. The van der Waals surface area contributed by atoms with Crippen LogP contribution in [0.5, 0.6) is 0 Å². The molecule has 1 aromatic heterocycles. The topological polar surface area (TPSA) is 67.2 Å². The van der Waals surface area contributed by atoms with E-state index in [1.807, 2.05) is 4.90 Å². The van der Waals surface area contributed by atoms with Crippen LogP contribution in [0.3, 0.4) is 0 Å². The number of hydrogen-bond acceptors (Lipinski definition) is 4. The monoisotopic (exact) mass is 278 g/mol. The van der Waals surface area contributed by atoms with Gasteiger partial charge in [0.25, 0.3) is 5.56 Å². The lowest BCUT2D eigenvalue weighted by atomic mass is 10.2. The Balaban J connectivity index is 1.98. The molecule has 0 aromatic carbocycles. The van der Waals surface area contributed by atoms with Gasteiger partial charge in [-0.15, -0.1) is 0 Å². The summed E-state index contributed by atoms with van der Waals surface area (Å²) in [6, 6.07) is 0. The van der Waals surface area contributed by atoms with Gasteiger partial charge in [-0.1, -0.05) is 13.8 Å². The fourth-order valence-electron chi connectivity index (χ4n) is 2.34. The number of anilines is 1. The number of amides is 1. The van der Waals surface area contributed by atoms with Crippen molar-refractivity contribution in [2.45, 2.75) is 33.2 Å². The van der Waals surface area contributed by atoms with Gasteiger partial charge in [0.15, 0.2) is 5.82 Å². The van der Waals surface area contributed by atoms with Gasteiger partial charge in [-0.3, -0.25) is 9.59 Å². The normalized spacial score (nSPS) is 14.8. The maximum Gasteiger partial charge on any atom is 0.293 e. The van der Waals surface area contributed by atoms with Crippen LogP contribution >= 0.6 is 0 Å². The van der Waals surface area contributed by atoms with Crippen LogP contribution in [0.4, 0.5) is 5.82 Å². The van der Waals surface area contributed by atoms with Crippen LogP contribution in [-0.2, 0) is 11.3 Å². The summed E-state index contributed by atoms with van der Waals surface area (Å²) in [5.41, 5.74) is -0.171. The molecule has 1 N–H and O–H groups in total. The third-order valence-electron chi connectivity index (χ3n) is 3.34. The molecule has 2 rings (SSSR count). The molecular formula is C14H22N4O2. The minimum absolute atomic E-state index is 0.0305. The fourth-order valence-corrected chi connectivity index (χ4v) is 2.34. The lowest BCUT2D eigenvalue weighted by Gasteiger charge is -2.16. The van der Waals surface area contributed by atoms with Gasteiger partial charge in [-0.05, 0) is 18.8 Å². The van der Waals surface area contributed by atoms with Gasteiger partial charge >= 0.3 is 0 Å². The lowest BCUT2D eigenvalue weighted by molar-refractivity contribution is -0.128. The van der Waals surface area contributed by atoms with Crippen molar-refractivity contribution in [2.75, 3.05) is 25.0 Å². The van der Waals surface area contributed by atoms with Crippen molar-refractivity contribution in [3.63, 3.8) is 0 Å². The number of nitrogens with zero attached hydrogens (tertiary/aromatic N) is 3. The summed E-state index contributed by atoms with van der Waals surface area (Å²) in [6.07, 6.45) is 5.40. The van der Waals surface area contributed by atoms with Crippen molar-refractivity contribution in [3.05, 3.63) is 22.7 Å². The van der Waals surface area contributed by atoms with E-state index in [4.69, 9.17) is 0 Å². The highest BCUT2D eigenvalue weighted by Gasteiger charge is 2.18. The molecule has 0 unspecified atom stereocenters. The molecule has 0 aliphatic carbocycles. The first kappa shape index (κ1) is 14.6. The summed E-state index contributed by atoms with van der Waals surface area (Å²) in [4.78, 5) is 29.9.